The Labute approximate surface area is 164 Å². The molecule has 2 aromatic rings. The largest absolute Gasteiger partial charge is 0.326 e. The van der Waals surface area contributed by atoms with E-state index in [1.54, 1.807) is 30.3 Å². The number of nitrogens with one attached hydrogen (secondary N) is 1. The molecule has 0 bridgehead atoms. The van der Waals surface area contributed by atoms with Gasteiger partial charge in [-0.25, -0.2) is 0 Å². The quantitative estimate of drug-likeness (QED) is 0.741. The van der Waals surface area contributed by atoms with Gasteiger partial charge in [0.1, 0.15) is 0 Å². The molecule has 0 saturated carbocycles. The lowest BCUT2D eigenvalue weighted by Crippen LogP contribution is -2.32. The van der Waals surface area contributed by atoms with Crippen LogP contribution in [0.2, 0.25) is 5.02 Å². The van der Waals surface area contributed by atoms with Gasteiger partial charge in [0.25, 0.3) is 0 Å². The van der Waals surface area contributed by atoms with Crippen molar-refractivity contribution in [3.8, 4) is 0 Å². The number of ketones is 1. The number of Topliss-reactive ketones (excluding diaryl/α,β-unsaturated/α-hetero) is 1. The summed E-state index contributed by atoms with van der Waals surface area (Å²) in [7, 11) is 0. The highest BCUT2D eigenvalue weighted by Gasteiger charge is 2.19. The predicted octanol–water partition coefficient (Wildman–Crippen LogP) is 4.54. The summed E-state index contributed by atoms with van der Waals surface area (Å²) < 4.78 is 0. The van der Waals surface area contributed by atoms with Crippen LogP contribution in [0, 0.1) is 13.8 Å². The van der Waals surface area contributed by atoms with Gasteiger partial charge in [-0.15, -0.1) is 0 Å². The first kappa shape index (κ1) is 20.6. The first-order valence-corrected chi connectivity index (χ1v) is 9.02. The number of nitrogens with zero attached hydrogens (tertiary/aromatic N) is 1. The third kappa shape index (κ3) is 5.41. The first-order valence-electron chi connectivity index (χ1n) is 8.64. The van der Waals surface area contributed by atoms with E-state index in [9.17, 15) is 14.4 Å². The minimum absolute atomic E-state index is 0.0321. The summed E-state index contributed by atoms with van der Waals surface area (Å²) in [6, 6.07) is 10.4. The number of carbonyl (C=O) groups excluding carboxylic acids is 3. The number of anilines is 2. The van der Waals surface area contributed by atoms with Crippen molar-refractivity contribution in [1.82, 2.24) is 0 Å². The van der Waals surface area contributed by atoms with E-state index >= 15 is 0 Å². The van der Waals surface area contributed by atoms with Crippen molar-refractivity contribution in [2.45, 2.75) is 34.1 Å². The highest BCUT2D eigenvalue weighted by molar-refractivity contribution is 6.34. The highest BCUT2D eigenvalue weighted by atomic mass is 35.5. The van der Waals surface area contributed by atoms with E-state index in [0.29, 0.717) is 22.0 Å². The van der Waals surface area contributed by atoms with Gasteiger partial charge in [0.15, 0.2) is 5.78 Å². The maximum absolute atomic E-state index is 12.3. The Morgan fingerprint density at radius 1 is 1.04 bits per heavy atom. The van der Waals surface area contributed by atoms with Gasteiger partial charge in [-0.3, -0.25) is 14.4 Å². The second kappa shape index (κ2) is 8.82. The molecule has 2 amide bonds. The first-order chi connectivity index (χ1) is 12.7. The molecule has 0 aromatic heterocycles. The maximum atomic E-state index is 12.3. The van der Waals surface area contributed by atoms with Crippen LogP contribution < -0.4 is 10.2 Å². The summed E-state index contributed by atoms with van der Waals surface area (Å²) in [5.74, 6) is -0.435. The van der Waals surface area contributed by atoms with Gasteiger partial charge >= 0.3 is 0 Å². The predicted molar refractivity (Wildman–Crippen MR) is 109 cm³/mol. The lowest BCUT2D eigenvalue weighted by molar-refractivity contribution is -0.117. The standard InChI is InChI=1S/C21H23ClN2O3/c1-13-11-14(2)21(19(22)12-13)24(16(4)26)10-9-20(27)23-18-7-5-17(6-8-18)15(3)25/h5-8,11-12H,9-10H2,1-4H3,(H,23,27). The van der Waals surface area contributed by atoms with E-state index in [4.69, 9.17) is 11.6 Å². The number of hydrogen-bond donors (Lipinski definition) is 1. The van der Waals surface area contributed by atoms with E-state index in [1.165, 1.54) is 18.7 Å². The Bertz CT molecular complexity index is 852. The molecule has 6 heteroatoms. The van der Waals surface area contributed by atoms with Crippen LogP contribution in [0.25, 0.3) is 0 Å². The average Bonchev–Trinajstić information content (AvgIpc) is 2.57. The fourth-order valence-electron chi connectivity index (χ4n) is 2.90. The third-order valence-corrected chi connectivity index (χ3v) is 4.47. The summed E-state index contributed by atoms with van der Waals surface area (Å²) in [5.41, 5.74) is 3.71. The summed E-state index contributed by atoms with van der Waals surface area (Å²) in [6.45, 7) is 6.98. The molecule has 0 spiro atoms. The molecule has 0 aliphatic carbocycles. The average molecular weight is 387 g/mol. The topological polar surface area (TPSA) is 66.5 Å². The van der Waals surface area contributed by atoms with Crippen molar-refractivity contribution < 1.29 is 14.4 Å². The van der Waals surface area contributed by atoms with Gasteiger partial charge in [-0.05, 0) is 62.2 Å². The maximum Gasteiger partial charge on any atom is 0.226 e. The number of benzene rings is 2. The fraction of sp³-hybridized carbons (Fsp3) is 0.286. The number of hydrogen-bond acceptors (Lipinski definition) is 3. The Morgan fingerprint density at radius 2 is 1.67 bits per heavy atom. The van der Waals surface area contributed by atoms with Crippen LogP contribution in [0.5, 0.6) is 0 Å². The van der Waals surface area contributed by atoms with Crippen LogP contribution in [-0.4, -0.2) is 24.1 Å². The van der Waals surface area contributed by atoms with E-state index in [2.05, 4.69) is 5.32 Å². The molecule has 0 atom stereocenters. The molecule has 0 radical (unpaired) electrons. The summed E-state index contributed by atoms with van der Waals surface area (Å²) in [6.07, 6.45) is 0.123. The lowest BCUT2D eigenvalue weighted by atomic mass is 10.1. The zero-order valence-electron chi connectivity index (χ0n) is 15.9. The van der Waals surface area contributed by atoms with Crippen molar-refractivity contribution >= 4 is 40.6 Å². The van der Waals surface area contributed by atoms with E-state index in [0.717, 1.165) is 11.1 Å². The Balaban J connectivity index is 2.07. The molecule has 0 heterocycles. The van der Waals surface area contributed by atoms with Crippen LogP contribution in [0.4, 0.5) is 11.4 Å². The van der Waals surface area contributed by atoms with Crippen LogP contribution in [0.1, 0.15) is 41.8 Å². The number of amides is 2. The molecule has 142 valence electrons. The number of carbonyl (C=O) groups is 3. The third-order valence-electron chi connectivity index (χ3n) is 4.19. The van der Waals surface area contributed by atoms with Crippen LogP contribution in [0.3, 0.4) is 0 Å². The molecule has 1 N–H and O–H groups in total. The number of halogens is 1. The minimum Gasteiger partial charge on any atom is -0.326 e. The molecule has 27 heavy (non-hydrogen) atoms. The van der Waals surface area contributed by atoms with Gasteiger partial charge in [-0.1, -0.05) is 17.7 Å². The molecule has 0 unspecified atom stereocenters. The van der Waals surface area contributed by atoms with Crippen molar-refractivity contribution in [2.75, 3.05) is 16.8 Å². The molecule has 0 saturated heterocycles. The summed E-state index contributed by atoms with van der Waals surface area (Å²) in [5, 5.41) is 3.26. The normalized spacial score (nSPS) is 10.4. The zero-order chi connectivity index (χ0) is 20.1. The van der Waals surface area contributed by atoms with E-state index in [-0.39, 0.29) is 30.6 Å². The van der Waals surface area contributed by atoms with Crippen molar-refractivity contribution in [3.63, 3.8) is 0 Å². The molecule has 2 rings (SSSR count). The van der Waals surface area contributed by atoms with Crippen molar-refractivity contribution in [2.24, 2.45) is 0 Å². The van der Waals surface area contributed by atoms with Gasteiger partial charge in [0.05, 0.1) is 10.7 Å². The van der Waals surface area contributed by atoms with Crippen LogP contribution >= 0.6 is 11.6 Å². The van der Waals surface area contributed by atoms with E-state index < -0.39 is 0 Å². The second-order valence-electron chi connectivity index (χ2n) is 6.51. The molecule has 0 aliphatic heterocycles. The smallest absolute Gasteiger partial charge is 0.226 e. The molecule has 2 aromatic carbocycles. The van der Waals surface area contributed by atoms with Crippen LogP contribution in [0.15, 0.2) is 36.4 Å². The van der Waals surface area contributed by atoms with Gasteiger partial charge in [-0.2, -0.15) is 0 Å². The Kier molecular flexibility index (Phi) is 6.75. The highest BCUT2D eigenvalue weighted by Crippen LogP contribution is 2.31. The molecular formula is C21H23ClN2O3. The lowest BCUT2D eigenvalue weighted by Gasteiger charge is -2.24. The fourth-order valence-corrected chi connectivity index (χ4v) is 3.32. The molecule has 0 fully saturated rings. The zero-order valence-corrected chi connectivity index (χ0v) is 16.7. The number of rotatable bonds is 6. The number of aryl methyl sites for hydroxylation is 2. The second-order valence-corrected chi connectivity index (χ2v) is 6.92. The van der Waals surface area contributed by atoms with E-state index in [1.807, 2.05) is 19.9 Å². The summed E-state index contributed by atoms with van der Waals surface area (Å²) >= 11 is 6.34. The van der Waals surface area contributed by atoms with Crippen molar-refractivity contribution in [3.05, 3.63) is 58.1 Å². The van der Waals surface area contributed by atoms with Gasteiger partial charge < -0.3 is 10.2 Å². The molecular weight excluding hydrogens is 364 g/mol. The van der Waals surface area contributed by atoms with Gasteiger partial charge in [0.2, 0.25) is 11.8 Å². The minimum atomic E-state index is -0.224. The Morgan fingerprint density at radius 3 is 2.19 bits per heavy atom. The van der Waals surface area contributed by atoms with Gasteiger partial charge in [0, 0.05) is 31.1 Å². The monoisotopic (exact) mass is 386 g/mol. The van der Waals surface area contributed by atoms with Crippen LogP contribution in [-0.2, 0) is 9.59 Å². The molecule has 5 nitrogen and oxygen atoms in total. The Hall–Kier alpha value is -2.66. The molecule has 0 aliphatic rings. The SMILES string of the molecule is CC(=O)c1ccc(NC(=O)CCN(C(C)=O)c2c(C)cc(C)cc2Cl)cc1. The van der Waals surface area contributed by atoms with Crippen molar-refractivity contribution in [1.29, 1.82) is 0 Å². The summed E-state index contributed by atoms with van der Waals surface area (Å²) in [4.78, 5) is 37.2.